The van der Waals surface area contributed by atoms with Crippen molar-refractivity contribution in [3.8, 4) is 0 Å². The van der Waals surface area contributed by atoms with Crippen LogP contribution < -0.4 is 0 Å². The second kappa shape index (κ2) is 14.8. The molecule has 3 nitrogen and oxygen atoms in total. The highest BCUT2D eigenvalue weighted by atomic mass is 16.5. The fourth-order valence-corrected chi connectivity index (χ4v) is 3.12. The predicted octanol–water partition coefficient (Wildman–Crippen LogP) is 6.53. The van der Waals surface area contributed by atoms with Crippen molar-refractivity contribution in [2.24, 2.45) is 0 Å². The molecular formula is C23H38O3. The van der Waals surface area contributed by atoms with E-state index in [0.717, 1.165) is 17.5 Å². The number of hydrogen-bond acceptors (Lipinski definition) is 2. The second-order valence-electron chi connectivity index (χ2n) is 7.45. The first-order chi connectivity index (χ1) is 12.6. The molecular weight excluding hydrogens is 324 g/mol. The van der Waals surface area contributed by atoms with Crippen LogP contribution in [0.15, 0.2) is 24.3 Å². The van der Waals surface area contributed by atoms with E-state index in [-0.39, 0.29) is 6.42 Å². The Morgan fingerprint density at radius 1 is 0.923 bits per heavy atom. The standard InChI is InChI=1S/C23H38O3/c1-3-4-5-6-7-8-9-10-11-12-20(2)26-19-22-15-13-21(14-16-22)17-18-23(24)25/h13-16,20H,3-12,17-19H2,1-2H3,(H,24,25). The van der Waals surface area contributed by atoms with Gasteiger partial charge in [0, 0.05) is 6.42 Å². The van der Waals surface area contributed by atoms with Crippen molar-refractivity contribution in [3.63, 3.8) is 0 Å². The fraction of sp³-hybridized carbons (Fsp3) is 0.696. The van der Waals surface area contributed by atoms with Crippen LogP contribution in [-0.2, 0) is 22.6 Å². The van der Waals surface area contributed by atoms with Crippen molar-refractivity contribution >= 4 is 5.97 Å². The quantitative estimate of drug-likeness (QED) is 0.340. The number of benzene rings is 1. The summed E-state index contributed by atoms with van der Waals surface area (Å²) in [5, 5.41) is 8.72. The maximum Gasteiger partial charge on any atom is 0.303 e. The van der Waals surface area contributed by atoms with Gasteiger partial charge in [-0.15, -0.1) is 0 Å². The molecule has 0 amide bonds. The number of carbonyl (C=O) groups is 1. The highest BCUT2D eigenvalue weighted by Gasteiger charge is 2.04. The monoisotopic (exact) mass is 362 g/mol. The number of rotatable bonds is 16. The van der Waals surface area contributed by atoms with Gasteiger partial charge in [0.15, 0.2) is 0 Å². The molecule has 0 aliphatic carbocycles. The third kappa shape index (κ3) is 12.1. The summed E-state index contributed by atoms with van der Waals surface area (Å²) in [4.78, 5) is 10.6. The van der Waals surface area contributed by atoms with Crippen molar-refractivity contribution < 1.29 is 14.6 Å². The van der Waals surface area contributed by atoms with Crippen LogP contribution in [0.1, 0.15) is 95.6 Å². The Labute approximate surface area is 160 Å². The molecule has 0 saturated carbocycles. The molecule has 0 aromatic heterocycles. The predicted molar refractivity (Wildman–Crippen MR) is 108 cm³/mol. The number of aryl methyl sites for hydroxylation is 1. The average molecular weight is 363 g/mol. The van der Waals surface area contributed by atoms with Crippen molar-refractivity contribution in [1.29, 1.82) is 0 Å². The third-order valence-electron chi connectivity index (χ3n) is 4.90. The van der Waals surface area contributed by atoms with Crippen LogP contribution in [-0.4, -0.2) is 17.2 Å². The first kappa shape index (κ1) is 22.7. The lowest BCUT2D eigenvalue weighted by Gasteiger charge is -2.13. The molecule has 1 N–H and O–H groups in total. The van der Waals surface area contributed by atoms with E-state index >= 15 is 0 Å². The highest BCUT2D eigenvalue weighted by Crippen LogP contribution is 2.14. The lowest BCUT2D eigenvalue weighted by atomic mass is 10.1. The molecule has 0 aliphatic rings. The molecule has 0 bridgehead atoms. The summed E-state index contributed by atoms with van der Waals surface area (Å²) < 4.78 is 5.94. The zero-order chi connectivity index (χ0) is 19.0. The molecule has 0 radical (unpaired) electrons. The number of hydrogen-bond donors (Lipinski definition) is 1. The molecule has 0 heterocycles. The Morgan fingerprint density at radius 2 is 1.46 bits per heavy atom. The van der Waals surface area contributed by atoms with Gasteiger partial charge in [-0.3, -0.25) is 4.79 Å². The smallest absolute Gasteiger partial charge is 0.303 e. The van der Waals surface area contributed by atoms with E-state index in [4.69, 9.17) is 9.84 Å². The summed E-state index contributed by atoms with van der Waals surface area (Å²) in [6.45, 7) is 5.06. The van der Waals surface area contributed by atoms with Crippen molar-refractivity contribution in [2.75, 3.05) is 0 Å². The number of carboxylic acids is 1. The summed E-state index contributed by atoms with van der Waals surface area (Å²) in [6.07, 6.45) is 14.4. The Hall–Kier alpha value is -1.35. The van der Waals surface area contributed by atoms with E-state index in [1.807, 2.05) is 24.3 Å². The number of carboxylic acid groups (broad SMARTS) is 1. The van der Waals surface area contributed by atoms with Gasteiger partial charge in [0.2, 0.25) is 0 Å². The van der Waals surface area contributed by atoms with Gasteiger partial charge in [0.1, 0.15) is 0 Å². The zero-order valence-electron chi connectivity index (χ0n) is 16.8. The summed E-state index contributed by atoms with van der Waals surface area (Å²) in [7, 11) is 0. The molecule has 0 saturated heterocycles. The highest BCUT2D eigenvalue weighted by molar-refractivity contribution is 5.67. The van der Waals surface area contributed by atoms with Crippen LogP contribution in [0, 0.1) is 0 Å². The van der Waals surface area contributed by atoms with E-state index in [2.05, 4.69) is 13.8 Å². The van der Waals surface area contributed by atoms with Crippen molar-refractivity contribution in [3.05, 3.63) is 35.4 Å². The molecule has 1 aromatic carbocycles. The van der Waals surface area contributed by atoms with Crippen molar-refractivity contribution in [2.45, 2.75) is 104 Å². The Bertz CT molecular complexity index is 467. The van der Waals surface area contributed by atoms with Crippen LogP contribution in [0.4, 0.5) is 0 Å². The first-order valence-corrected chi connectivity index (χ1v) is 10.5. The number of aliphatic carboxylic acids is 1. The molecule has 26 heavy (non-hydrogen) atoms. The maximum absolute atomic E-state index is 10.6. The summed E-state index contributed by atoms with van der Waals surface area (Å²) in [5.74, 6) is -0.747. The van der Waals surface area contributed by atoms with E-state index in [1.54, 1.807) is 0 Å². The maximum atomic E-state index is 10.6. The zero-order valence-corrected chi connectivity index (χ0v) is 16.8. The van der Waals surface area contributed by atoms with Gasteiger partial charge in [-0.1, -0.05) is 89.0 Å². The first-order valence-electron chi connectivity index (χ1n) is 10.5. The minimum atomic E-state index is -0.747. The second-order valence-corrected chi connectivity index (χ2v) is 7.45. The molecule has 1 atom stereocenters. The Morgan fingerprint density at radius 3 is 2.04 bits per heavy atom. The van der Waals surface area contributed by atoms with E-state index < -0.39 is 5.97 Å². The molecule has 3 heteroatoms. The number of ether oxygens (including phenoxy) is 1. The number of unbranched alkanes of at least 4 members (excludes halogenated alkanes) is 8. The Balaban J connectivity index is 2.03. The Kier molecular flexibility index (Phi) is 12.9. The van der Waals surface area contributed by atoms with E-state index in [1.165, 1.54) is 57.8 Å². The average Bonchev–Trinajstić information content (AvgIpc) is 2.64. The van der Waals surface area contributed by atoms with Gasteiger partial charge >= 0.3 is 5.97 Å². The van der Waals surface area contributed by atoms with Crippen LogP contribution in [0.3, 0.4) is 0 Å². The SMILES string of the molecule is CCCCCCCCCCCC(C)OCc1ccc(CCC(=O)O)cc1. The molecule has 148 valence electrons. The van der Waals surface area contributed by atoms with Crippen LogP contribution in [0.2, 0.25) is 0 Å². The summed E-state index contributed by atoms with van der Waals surface area (Å²) in [5.41, 5.74) is 2.22. The van der Waals surface area contributed by atoms with Crippen LogP contribution in [0.5, 0.6) is 0 Å². The molecule has 1 aromatic rings. The van der Waals surface area contributed by atoms with Gasteiger partial charge in [-0.2, -0.15) is 0 Å². The van der Waals surface area contributed by atoms with Crippen molar-refractivity contribution in [1.82, 2.24) is 0 Å². The molecule has 1 rings (SSSR count). The van der Waals surface area contributed by atoms with Gasteiger partial charge < -0.3 is 9.84 Å². The largest absolute Gasteiger partial charge is 0.481 e. The fourth-order valence-electron chi connectivity index (χ4n) is 3.12. The lowest BCUT2D eigenvalue weighted by Crippen LogP contribution is -2.08. The molecule has 0 aliphatic heterocycles. The van der Waals surface area contributed by atoms with Gasteiger partial charge in [0.05, 0.1) is 12.7 Å². The lowest BCUT2D eigenvalue weighted by molar-refractivity contribution is -0.136. The van der Waals surface area contributed by atoms with E-state index in [9.17, 15) is 4.79 Å². The molecule has 0 fully saturated rings. The third-order valence-corrected chi connectivity index (χ3v) is 4.90. The van der Waals surface area contributed by atoms with Gasteiger partial charge in [0.25, 0.3) is 0 Å². The summed E-state index contributed by atoms with van der Waals surface area (Å²) in [6, 6.07) is 8.10. The summed E-state index contributed by atoms with van der Waals surface area (Å²) >= 11 is 0. The van der Waals surface area contributed by atoms with Gasteiger partial charge in [-0.05, 0) is 30.9 Å². The minimum absolute atomic E-state index is 0.186. The van der Waals surface area contributed by atoms with Crippen LogP contribution in [0.25, 0.3) is 0 Å². The normalized spacial score (nSPS) is 12.2. The minimum Gasteiger partial charge on any atom is -0.481 e. The van der Waals surface area contributed by atoms with Crippen LogP contribution >= 0.6 is 0 Å². The van der Waals surface area contributed by atoms with Gasteiger partial charge in [-0.25, -0.2) is 0 Å². The topological polar surface area (TPSA) is 46.5 Å². The molecule has 0 spiro atoms. The molecule has 1 unspecified atom stereocenters. The van der Waals surface area contributed by atoms with E-state index in [0.29, 0.717) is 19.1 Å².